The number of nitrogens with zero attached hydrogens (tertiary/aromatic N) is 1. The van der Waals surface area contributed by atoms with E-state index in [1.807, 2.05) is 0 Å². The second kappa shape index (κ2) is 9.66. The minimum Gasteiger partial charge on any atom is -0.456 e. The van der Waals surface area contributed by atoms with Crippen LogP contribution in [0.2, 0.25) is 0 Å². The fourth-order valence-corrected chi connectivity index (χ4v) is 11.0. The number of benzene rings is 8. The average molecular weight is 688 g/mol. The molecule has 54 heavy (non-hydrogen) atoms. The molecule has 10 aromatic rings. The van der Waals surface area contributed by atoms with E-state index in [4.69, 9.17) is 4.42 Å². The van der Waals surface area contributed by atoms with Gasteiger partial charge in [-0.15, -0.1) is 0 Å². The second-order valence-corrected chi connectivity index (χ2v) is 16.0. The Bertz CT molecular complexity index is 3270. The van der Waals surface area contributed by atoms with Crippen molar-refractivity contribution in [1.29, 1.82) is 0 Å². The van der Waals surface area contributed by atoms with Crippen LogP contribution in [-0.2, 0) is 10.8 Å². The molecule has 0 saturated carbocycles. The average Bonchev–Trinajstić information content (AvgIpc) is 3.97. The van der Waals surface area contributed by atoms with Crippen LogP contribution < -0.4 is 0 Å². The minimum absolute atomic E-state index is 0.0970. The van der Waals surface area contributed by atoms with Crippen molar-refractivity contribution >= 4 is 43.7 Å². The zero-order chi connectivity index (χ0) is 35.5. The number of hydrogen-bond acceptors (Lipinski definition) is 1. The molecule has 0 amide bonds. The Labute approximate surface area is 312 Å². The lowest BCUT2D eigenvalue weighted by Gasteiger charge is -2.30. The molecule has 0 N–H and O–H groups in total. The lowest BCUT2D eigenvalue weighted by Crippen LogP contribution is -2.26. The van der Waals surface area contributed by atoms with Gasteiger partial charge in [0.15, 0.2) is 0 Å². The number of fused-ring (bicyclic) bond motifs is 20. The fraction of sp³-hybridized carbons (Fsp3) is 0.0769. The molecule has 0 aliphatic heterocycles. The molecule has 0 bridgehead atoms. The Balaban J connectivity index is 1.16. The van der Waals surface area contributed by atoms with E-state index in [0.29, 0.717) is 0 Å². The maximum atomic E-state index is 6.94. The summed E-state index contributed by atoms with van der Waals surface area (Å²) in [5, 5.41) is 4.88. The lowest BCUT2D eigenvalue weighted by atomic mass is 9.70. The van der Waals surface area contributed by atoms with Crippen LogP contribution in [0.4, 0.5) is 0 Å². The summed E-state index contributed by atoms with van der Waals surface area (Å²) in [4.78, 5) is 0. The quantitative estimate of drug-likeness (QED) is 0.168. The van der Waals surface area contributed by atoms with Gasteiger partial charge in [-0.25, -0.2) is 0 Å². The number of rotatable bonds is 1. The monoisotopic (exact) mass is 687 g/mol. The Morgan fingerprint density at radius 2 is 1.02 bits per heavy atom. The highest BCUT2D eigenvalue weighted by Crippen LogP contribution is 2.65. The Morgan fingerprint density at radius 3 is 1.80 bits per heavy atom. The summed E-state index contributed by atoms with van der Waals surface area (Å²) >= 11 is 0. The van der Waals surface area contributed by atoms with Gasteiger partial charge in [-0.2, -0.15) is 0 Å². The van der Waals surface area contributed by atoms with Crippen LogP contribution in [0.3, 0.4) is 0 Å². The van der Waals surface area contributed by atoms with E-state index in [-0.39, 0.29) is 5.41 Å². The first kappa shape index (κ1) is 28.9. The summed E-state index contributed by atoms with van der Waals surface area (Å²) in [6.45, 7) is 4.75. The molecule has 2 nitrogen and oxygen atoms in total. The van der Waals surface area contributed by atoms with Gasteiger partial charge in [0, 0.05) is 38.2 Å². The zero-order valence-electron chi connectivity index (χ0n) is 29.9. The zero-order valence-corrected chi connectivity index (χ0v) is 29.9. The highest BCUT2D eigenvalue weighted by molar-refractivity contribution is 6.13. The number of para-hydroxylation sites is 2. The van der Waals surface area contributed by atoms with Gasteiger partial charge in [-0.05, 0) is 104 Å². The largest absolute Gasteiger partial charge is 0.456 e. The molecular weight excluding hydrogens is 655 g/mol. The summed E-state index contributed by atoms with van der Waals surface area (Å²) in [6, 6.07) is 61.2. The SMILES string of the molecule is CC1(C)c2ccccc2-c2cc3c4ccccc4n(-c4ccc5c(c4)C4(c6ccccc6-c6ccccc64)c4c-5ccc5c4oc4ccccc45)c3cc21. The molecule has 0 fully saturated rings. The van der Waals surface area contributed by atoms with Crippen LogP contribution >= 0.6 is 0 Å². The van der Waals surface area contributed by atoms with Crippen molar-refractivity contribution in [1.82, 2.24) is 4.57 Å². The van der Waals surface area contributed by atoms with E-state index < -0.39 is 5.41 Å². The highest BCUT2D eigenvalue weighted by Gasteiger charge is 2.53. The maximum Gasteiger partial charge on any atom is 0.140 e. The third kappa shape index (κ3) is 3.23. The molecule has 3 aliphatic carbocycles. The maximum absolute atomic E-state index is 6.94. The standard InChI is InChI=1S/C52H33NO/c1-51(2)41-18-8-3-15-33(41)39-28-40-35-16-6-11-21-46(35)53(47(40)29-44(39)51)30-23-24-34-37-25-26-38-36-17-7-12-22-48(36)54-50(38)49(37)52(45(34)27-30)42-19-9-4-13-31(42)32-14-5-10-20-43(32)52/h3-29H,1-2H3. The first-order valence-electron chi connectivity index (χ1n) is 19.0. The summed E-state index contributed by atoms with van der Waals surface area (Å²) in [5.41, 5.74) is 20.7. The third-order valence-electron chi connectivity index (χ3n) is 13.2. The first-order chi connectivity index (χ1) is 26.5. The molecule has 13 rings (SSSR count). The van der Waals surface area contributed by atoms with Crippen LogP contribution in [0, 0.1) is 0 Å². The fourth-order valence-electron chi connectivity index (χ4n) is 11.0. The third-order valence-corrected chi connectivity index (χ3v) is 13.2. The summed E-state index contributed by atoms with van der Waals surface area (Å²) in [5.74, 6) is 0. The molecule has 0 unspecified atom stereocenters. The molecule has 0 atom stereocenters. The van der Waals surface area contributed by atoms with Gasteiger partial charge < -0.3 is 8.98 Å². The van der Waals surface area contributed by atoms with E-state index >= 15 is 0 Å². The van der Waals surface area contributed by atoms with Crippen molar-refractivity contribution in [3.63, 3.8) is 0 Å². The number of furan rings is 1. The smallest absolute Gasteiger partial charge is 0.140 e. The van der Waals surface area contributed by atoms with Crippen molar-refractivity contribution < 1.29 is 4.42 Å². The molecule has 0 saturated heterocycles. The normalized spacial score (nSPS) is 15.1. The first-order valence-corrected chi connectivity index (χ1v) is 19.0. The van der Waals surface area contributed by atoms with Gasteiger partial charge in [0.25, 0.3) is 0 Å². The van der Waals surface area contributed by atoms with Crippen molar-refractivity contribution in [2.24, 2.45) is 0 Å². The van der Waals surface area contributed by atoms with Gasteiger partial charge >= 0.3 is 0 Å². The predicted molar refractivity (Wildman–Crippen MR) is 222 cm³/mol. The summed E-state index contributed by atoms with van der Waals surface area (Å²) in [7, 11) is 0. The van der Waals surface area contributed by atoms with Gasteiger partial charge in [-0.3, -0.25) is 0 Å². The van der Waals surface area contributed by atoms with Crippen molar-refractivity contribution in [3.8, 4) is 39.1 Å². The number of hydrogen-bond donors (Lipinski definition) is 0. The van der Waals surface area contributed by atoms with Crippen LogP contribution in [0.5, 0.6) is 0 Å². The van der Waals surface area contributed by atoms with Crippen LogP contribution in [0.1, 0.15) is 47.2 Å². The Kier molecular flexibility index (Phi) is 5.17. The Morgan fingerprint density at radius 1 is 0.407 bits per heavy atom. The van der Waals surface area contributed by atoms with E-state index in [2.05, 4.69) is 182 Å². The molecule has 0 radical (unpaired) electrons. The molecule has 2 heteroatoms. The van der Waals surface area contributed by atoms with Crippen LogP contribution in [0.15, 0.2) is 168 Å². The minimum atomic E-state index is -0.551. The van der Waals surface area contributed by atoms with Crippen LogP contribution in [0.25, 0.3) is 82.8 Å². The molecule has 2 heterocycles. The summed E-state index contributed by atoms with van der Waals surface area (Å²) in [6.07, 6.45) is 0. The molecule has 3 aliphatic rings. The molecule has 8 aromatic carbocycles. The molecular formula is C52H33NO. The highest BCUT2D eigenvalue weighted by atomic mass is 16.3. The topological polar surface area (TPSA) is 18.1 Å². The van der Waals surface area contributed by atoms with Crippen molar-refractivity contribution in [2.75, 3.05) is 0 Å². The molecule has 1 spiro atoms. The summed E-state index contributed by atoms with van der Waals surface area (Å²) < 4.78 is 9.46. The van der Waals surface area contributed by atoms with E-state index in [9.17, 15) is 0 Å². The van der Waals surface area contributed by atoms with Gasteiger partial charge in [0.05, 0.1) is 16.4 Å². The van der Waals surface area contributed by atoms with Gasteiger partial charge in [0.2, 0.25) is 0 Å². The van der Waals surface area contributed by atoms with Crippen molar-refractivity contribution in [2.45, 2.75) is 24.7 Å². The van der Waals surface area contributed by atoms with Gasteiger partial charge in [-0.1, -0.05) is 135 Å². The van der Waals surface area contributed by atoms with E-state index in [0.717, 1.165) is 16.6 Å². The van der Waals surface area contributed by atoms with E-state index in [1.165, 1.54) is 99.6 Å². The predicted octanol–water partition coefficient (Wildman–Crippen LogP) is 13.3. The van der Waals surface area contributed by atoms with Crippen LogP contribution in [-0.4, -0.2) is 4.57 Å². The lowest BCUT2D eigenvalue weighted by molar-refractivity contribution is 0.652. The number of aromatic nitrogens is 1. The van der Waals surface area contributed by atoms with E-state index in [1.54, 1.807) is 0 Å². The van der Waals surface area contributed by atoms with Crippen molar-refractivity contribution in [3.05, 3.63) is 197 Å². The Hall–Kier alpha value is -6.64. The second-order valence-electron chi connectivity index (χ2n) is 16.0. The molecule has 252 valence electrons. The molecule has 2 aromatic heterocycles. The van der Waals surface area contributed by atoms with Gasteiger partial charge in [0.1, 0.15) is 11.2 Å².